The van der Waals surface area contributed by atoms with E-state index in [1.165, 1.54) is 115 Å². The number of aliphatic hydroxyl groups excluding tert-OH is 7. The maximum Gasteiger partial charge on any atom is 0.472 e. The fourth-order valence-corrected chi connectivity index (χ4v) is 9.06. The molecular weight excluding hydrogens is 862 g/mol. The summed E-state index contributed by atoms with van der Waals surface area (Å²) in [6.07, 6.45) is 36.2. The van der Waals surface area contributed by atoms with Gasteiger partial charge < -0.3 is 46.0 Å². The molecule has 1 aliphatic carbocycles. The summed E-state index contributed by atoms with van der Waals surface area (Å²) >= 11 is 0. The largest absolute Gasteiger partial charge is 0.472 e. The molecule has 1 fully saturated rings. The third-order valence-electron chi connectivity index (χ3n) is 12.4. The number of phosphoric acid groups is 1. The maximum atomic E-state index is 13.0. The van der Waals surface area contributed by atoms with E-state index in [0.29, 0.717) is 19.3 Å². The first-order valence-corrected chi connectivity index (χ1v) is 27.7. The van der Waals surface area contributed by atoms with E-state index in [2.05, 4.69) is 55.6 Å². The Hall–Kier alpha value is -1.74. The van der Waals surface area contributed by atoms with E-state index < -0.39 is 75.2 Å². The molecule has 0 aromatic heterocycles. The molecular formula is C52H96NO12P. The highest BCUT2D eigenvalue weighted by atomic mass is 31.2. The van der Waals surface area contributed by atoms with Gasteiger partial charge in [-0.2, -0.15) is 0 Å². The second-order valence-corrected chi connectivity index (χ2v) is 19.9. The van der Waals surface area contributed by atoms with Crippen LogP contribution in [0, 0.1) is 0 Å². The van der Waals surface area contributed by atoms with Crippen LogP contribution in [0.3, 0.4) is 0 Å². The topological polar surface area (TPSA) is 226 Å². The van der Waals surface area contributed by atoms with Crippen LogP contribution in [-0.4, -0.2) is 108 Å². The summed E-state index contributed by atoms with van der Waals surface area (Å²) in [6, 6.07) is -1.27. The molecule has 0 radical (unpaired) electrons. The van der Waals surface area contributed by atoms with Crippen LogP contribution in [0.4, 0.5) is 0 Å². The zero-order valence-electron chi connectivity index (χ0n) is 41.1. The summed E-state index contributed by atoms with van der Waals surface area (Å²) in [6.45, 7) is 3.73. The Labute approximate surface area is 399 Å². The van der Waals surface area contributed by atoms with Crippen LogP contribution in [0.2, 0.25) is 0 Å². The summed E-state index contributed by atoms with van der Waals surface area (Å²) < 4.78 is 22.9. The number of nitrogens with one attached hydrogen (secondary N) is 1. The SMILES string of the molecule is CCCCCCCCC/C=C/CC/C=C/CC/C=C/C(O)C(COP(=O)(O)OC1C(O)C(O)C(O)C(O)C1O)NC(=O)CC(O)CCCCCCC/C=C\CCCCCCCCCCCC. The molecule has 1 amide bonds. The van der Waals surface area contributed by atoms with Gasteiger partial charge in [-0.25, -0.2) is 4.57 Å². The number of carbonyl (C=O) groups excluding carboxylic acids is 1. The first-order valence-electron chi connectivity index (χ1n) is 26.2. The number of amides is 1. The lowest BCUT2D eigenvalue weighted by molar-refractivity contribution is -0.220. The Kier molecular flexibility index (Phi) is 38.8. The Balaban J connectivity index is 2.52. The van der Waals surface area contributed by atoms with Gasteiger partial charge in [-0.3, -0.25) is 13.8 Å². The van der Waals surface area contributed by atoms with Crippen molar-refractivity contribution in [3.8, 4) is 0 Å². The first-order chi connectivity index (χ1) is 31.8. The van der Waals surface area contributed by atoms with Crippen molar-refractivity contribution in [2.45, 2.75) is 268 Å². The van der Waals surface area contributed by atoms with Gasteiger partial charge in [0.25, 0.3) is 0 Å². The van der Waals surface area contributed by atoms with E-state index in [0.717, 1.165) is 64.2 Å². The van der Waals surface area contributed by atoms with E-state index in [-0.39, 0.29) is 6.42 Å². The van der Waals surface area contributed by atoms with E-state index in [9.17, 15) is 50.0 Å². The summed E-state index contributed by atoms with van der Waals surface area (Å²) in [7, 11) is -5.16. The highest BCUT2D eigenvalue weighted by Gasteiger charge is 2.51. The number of allylic oxidation sites excluding steroid dienone is 7. The van der Waals surface area contributed by atoms with Gasteiger partial charge in [0.1, 0.15) is 36.6 Å². The quantitative estimate of drug-likeness (QED) is 0.0158. The number of phosphoric ester groups is 1. The minimum Gasteiger partial charge on any atom is -0.393 e. The number of aliphatic hydroxyl groups is 7. The second-order valence-electron chi connectivity index (χ2n) is 18.5. The monoisotopic (exact) mass is 958 g/mol. The van der Waals surface area contributed by atoms with Gasteiger partial charge in [-0.15, -0.1) is 0 Å². The number of carbonyl (C=O) groups is 1. The lowest BCUT2D eigenvalue weighted by atomic mass is 9.85. The highest BCUT2D eigenvalue weighted by molar-refractivity contribution is 7.47. The average molecular weight is 958 g/mol. The number of hydrogen-bond donors (Lipinski definition) is 9. The number of hydrogen-bond acceptors (Lipinski definition) is 11. The van der Waals surface area contributed by atoms with Crippen LogP contribution in [0.1, 0.15) is 213 Å². The Morgan fingerprint density at radius 1 is 0.530 bits per heavy atom. The molecule has 0 aromatic rings. The van der Waals surface area contributed by atoms with Gasteiger partial charge >= 0.3 is 7.82 Å². The van der Waals surface area contributed by atoms with Crippen LogP contribution in [-0.2, 0) is 18.4 Å². The minimum atomic E-state index is -5.16. The first kappa shape index (κ1) is 62.3. The molecule has 0 aromatic carbocycles. The van der Waals surface area contributed by atoms with Crippen LogP contribution in [0.15, 0.2) is 48.6 Å². The molecule has 9 N–H and O–H groups in total. The van der Waals surface area contributed by atoms with Crippen LogP contribution >= 0.6 is 7.82 Å². The second kappa shape index (κ2) is 41.1. The summed E-state index contributed by atoms with van der Waals surface area (Å²) in [5.41, 5.74) is 0. The molecule has 0 heterocycles. The smallest absolute Gasteiger partial charge is 0.393 e. The Bertz CT molecular complexity index is 1310. The maximum absolute atomic E-state index is 13.0. The van der Waals surface area contributed by atoms with Crippen molar-refractivity contribution in [1.82, 2.24) is 5.32 Å². The summed E-state index contributed by atoms with van der Waals surface area (Å²) in [5.74, 6) is -0.611. The Morgan fingerprint density at radius 3 is 1.33 bits per heavy atom. The van der Waals surface area contributed by atoms with Crippen molar-refractivity contribution in [1.29, 1.82) is 0 Å². The summed E-state index contributed by atoms with van der Waals surface area (Å²) in [5, 5.41) is 74.6. The molecule has 1 rings (SSSR count). The zero-order chi connectivity index (χ0) is 48.7. The number of unbranched alkanes of at least 4 members (excludes halogenated alkanes) is 24. The minimum absolute atomic E-state index is 0.262. The van der Waals surface area contributed by atoms with Crippen LogP contribution in [0.5, 0.6) is 0 Å². The zero-order valence-corrected chi connectivity index (χ0v) is 42.0. The Morgan fingerprint density at radius 2 is 0.894 bits per heavy atom. The van der Waals surface area contributed by atoms with E-state index >= 15 is 0 Å². The number of rotatable bonds is 43. The molecule has 14 heteroatoms. The molecule has 66 heavy (non-hydrogen) atoms. The van der Waals surface area contributed by atoms with E-state index in [1.807, 2.05) is 0 Å². The average Bonchev–Trinajstić information content (AvgIpc) is 3.29. The normalized spacial score (nSPS) is 22.8. The van der Waals surface area contributed by atoms with Gasteiger partial charge in [0.15, 0.2) is 0 Å². The van der Waals surface area contributed by atoms with Crippen molar-refractivity contribution in [2.75, 3.05) is 6.61 Å². The fourth-order valence-electron chi connectivity index (χ4n) is 8.09. The summed E-state index contributed by atoms with van der Waals surface area (Å²) in [4.78, 5) is 23.5. The van der Waals surface area contributed by atoms with Crippen molar-refractivity contribution in [2.24, 2.45) is 0 Å². The van der Waals surface area contributed by atoms with Gasteiger partial charge in [-0.1, -0.05) is 184 Å². The van der Waals surface area contributed by atoms with Crippen LogP contribution < -0.4 is 5.32 Å². The molecule has 0 aliphatic heterocycles. The third kappa shape index (κ3) is 32.1. The predicted molar refractivity (Wildman–Crippen MR) is 266 cm³/mol. The van der Waals surface area contributed by atoms with Crippen molar-refractivity contribution in [3.05, 3.63) is 48.6 Å². The molecule has 1 saturated carbocycles. The lowest BCUT2D eigenvalue weighted by Crippen LogP contribution is -2.64. The van der Waals surface area contributed by atoms with Gasteiger partial charge in [0.2, 0.25) is 5.91 Å². The van der Waals surface area contributed by atoms with Gasteiger partial charge in [0, 0.05) is 0 Å². The van der Waals surface area contributed by atoms with E-state index in [1.54, 1.807) is 6.08 Å². The van der Waals surface area contributed by atoms with Crippen molar-refractivity contribution in [3.63, 3.8) is 0 Å². The van der Waals surface area contributed by atoms with Gasteiger partial charge in [-0.05, 0) is 70.6 Å². The van der Waals surface area contributed by atoms with Crippen molar-refractivity contribution >= 4 is 13.7 Å². The highest BCUT2D eigenvalue weighted by Crippen LogP contribution is 2.47. The molecule has 8 unspecified atom stereocenters. The molecule has 0 saturated heterocycles. The fraction of sp³-hybridized carbons (Fsp3) is 0.827. The molecule has 386 valence electrons. The molecule has 0 spiro atoms. The lowest BCUT2D eigenvalue weighted by Gasteiger charge is -2.41. The van der Waals surface area contributed by atoms with Crippen LogP contribution in [0.25, 0.3) is 0 Å². The molecule has 13 nitrogen and oxygen atoms in total. The van der Waals surface area contributed by atoms with Crippen molar-refractivity contribution < 1.29 is 59.0 Å². The molecule has 0 bridgehead atoms. The molecule has 8 atom stereocenters. The standard InChI is InChI=1S/C52H96NO12P/c1-3-5-7-9-11-13-15-17-19-21-22-24-25-27-29-31-33-35-37-39-43(54)41-46(56)53-44(42-64-66(62,63)65-52-50(60)48(58)47(57)49(59)51(52)61)45(55)40-38-36-34-32-30-28-26-23-20-18-16-14-12-10-8-6-4-2/h20,23-25,30,32,38,40,43-45,47-52,54-55,57-61H,3-19,21-22,26-29,31,33-37,39,41-42H2,1-2H3,(H,53,56)(H,62,63)/b23-20+,25-24-,32-30+,40-38+. The predicted octanol–water partition coefficient (Wildman–Crippen LogP) is 9.87. The van der Waals surface area contributed by atoms with E-state index in [4.69, 9.17) is 9.05 Å². The third-order valence-corrected chi connectivity index (χ3v) is 13.3. The van der Waals surface area contributed by atoms with Gasteiger partial charge in [0.05, 0.1) is 31.3 Å². The molecule has 1 aliphatic rings.